The maximum absolute atomic E-state index is 13.0. The summed E-state index contributed by atoms with van der Waals surface area (Å²) in [4.78, 5) is 12.1. The van der Waals surface area contributed by atoms with E-state index in [9.17, 15) is 9.18 Å². The molecule has 0 saturated carbocycles. The molecule has 0 unspecified atom stereocenters. The van der Waals surface area contributed by atoms with Gasteiger partial charge in [-0.3, -0.25) is 0 Å². The molecule has 0 radical (unpaired) electrons. The number of anilines is 1. The molecule has 0 aliphatic carbocycles. The van der Waals surface area contributed by atoms with Crippen LogP contribution in [0, 0.1) is 12.7 Å². The average Bonchev–Trinajstić information content (AvgIpc) is 2.49. The van der Waals surface area contributed by atoms with Crippen LogP contribution in [0.4, 0.5) is 14.9 Å². The van der Waals surface area contributed by atoms with Gasteiger partial charge in [0.1, 0.15) is 5.82 Å². The fourth-order valence-corrected chi connectivity index (χ4v) is 2.71. The molecule has 5 heteroatoms. The molecule has 2 rings (SSSR count). The number of amides is 2. The summed E-state index contributed by atoms with van der Waals surface area (Å²) >= 11 is 3.40. The first-order valence-electron chi connectivity index (χ1n) is 7.35. The van der Waals surface area contributed by atoms with E-state index in [1.54, 1.807) is 12.1 Å². The number of hydrogen-bond donors (Lipinski definition) is 2. The lowest BCUT2D eigenvalue weighted by Gasteiger charge is -2.25. The largest absolute Gasteiger partial charge is 0.337 e. The Morgan fingerprint density at radius 3 is 2.43 bits per heavy atom. The molecule has 0 heterocycles. The first-order chi connectivity index (χ1) is 10.8. The van der Waals surface area contributed by atoms with Gasteiger partial charge in [-0.1, -0.05) is 41.9 Å². The second kappa shape index (κ2) is 7.13. The predicted octanol–water partition coefficient (Wildman–Crippen LogP) is 5.00. The number of carbonyl (C=O) groups excluding carboxylic acids is 1. The fourth-order valence-electron chi connectivity index (χ4n) is 2.24. The van der Waals surface area contributed by atoms with Crippen LogP contribution in [-0.4, -0.2) is 12.6 Å². The van der Waals surface area contributed by atoms with Crippen molar-refractivity contribution >= 4 is 27.6 Å². The zero-order valence-corrected chi connectivity index (χ0v) is 15.0. The summed E-state index contributed by atoms with van der Waals surface area (Å²) in [6.07, 6.45) is 0. The highest BCUT2D eigenvalue weighted by Gasteiger charge is 2.21. The monoisotopic (exact) mass is 378 g/mol. The number of nitrogens with one attached hydrogen (secondary N) is 2. The van der Waals surface area contributed by atoms with Crippen molar-refractivity contribution in [2.24, 2.45) is 0 Å². The third-order valence-electron chi connectivity index (χ3n) is 3.75. The second-order valence-electron chi connectivity index (χ2n) is 6.16. The molecule has 23 heavy (non-hydrogen) atoms. The van der Waals surface area contributed by atoms with Crippen LogP contribution in [0.25, 0.3) is 0 Å². The van der Waals surface area contributed by atoms with Crippen LogP contribution in [-0.2, 0) is 5.41 Å². The van der Waals surface area contributed by atoms with E-state index in [-0.39, 0.29) is 17.3 Å². The lowest BCUT2D eigenvalue weighted by molar-refractivity contribution is 0.249. The molecule has 2 amide bonds. The minimum absolute atomic E-state index is 0.259. The van der Waals surface area contributed by atoms with Crippen molar-refractivity contribution in [3.8, 4) is 0 Å². The Kier molecular flexibility index (Phi) is 5.42. The number of carbonyl (C=O) groups is 1. The highest BCUT2D eigenvalue weighted by molar-refractivity contribution is 9.10. The number of benzene rings is 2. The van der Waals surface area contributed by atoms with Crippen LogP contribution < -0.4 is 10.6 Å². The van der Waals surface area contributed by atoms with Crippen molar-refractivity contribution in [2.45, 2.75) is 26.2 Å². The summed E-state index contributed by atoms with van der Waals surface area (Å²) in [5.74, 6) is -0.263. The summed E-state index contributed by atoms with van der Waals surface area (Å²) in [7, 11) is 0. The summed E-state index contributed by atoms with van der Waals surface area (Å²) < 4.78 is 14.0. The smallest absolute Gasteiger partial charge is 0.319 e. The minimum atomic E-state index is -0.292. The van der Waals surface area contributed by atoms with Gasteiger partial charge in [-0.05, 0) is 48.4 Å². The van der Waals surface area contributed by atoms with E-state index >= 15 is 0 Å². The molecule has 0 aliphatic heterocycles. The molecule has 0 spiro atoms. The lowest BCUT2D eigenvalue weighted by Crippen LogP contribution is -2.39. The topological polar surface area (TPSA) is 41.1 Å². The number of rotatable bonds is 4. The Balaban J connectivity index is 1.96. The van der Waals surface area contributed by atoms with Crippen molar-refractivity contribution in [2.75, 3.05) is 11.9 Å². The molecule has 0 bridgehead atoms. The van der Waals surface area contributed by atoms with Gasteiger partial charge in [0.05, 0.1) is 0 Å². The van der Waals surface area contributed by atoms with E-state index < -0.39 is 0 Å². The second-order valence-corrected chi connectivity index (χ2v) is 7.07. The van der Waals surface area contributed by atoms with Gasteiger partial charge in [-0.2, -0.15) is 0 Å². The summed E-state index contributed by atoms with van der Waals surface area (Å²) in [6.45, 7) is 6.39. The zero-order valence-electron chi connectivity index (χ0n) is 13.4. The molecule has 2 aromatic rings. The molecule has 0 saturated heterocycles. The summed E-state index contributed by atoms with van der Waals surface area (Å²) in [5.41, 5.74) is 2.43. The maximum atomic E-state index is 13.0. The van der Waals surface area contributed by atoms with Crippen LogP contribution in [0.15, 0.2) is 46.9 Å². The van der Waals surface area contributed by atoms with Crippen molar-refractivity contribution in [3.63, 3.8) is 0 Å². The van der Waals surface area contributed by atoms with Crippen LogP contribution in [0.2, 0.25) is 0 Å². The highest BCUT2D eigenvalue weighted by Crippen LogP contribution is 2.23. The van der Waals surface area contributed by atoms with Crippen LogP contribution >= 0.6 is 15.9 Å². The molecule has 2 aromatic carbocycles. The van der Waals surface area contributed by atoms with E-state index in [0.717, 1.165) is 21.3 Å². The number of halogens is 2. The quantitative estimate of drug-likeness (QED) is 0.772. The van der Waals surface area contributed by atoms with Crippen molar-refractivity contribution in [1.29, 1.82) is 0 Å². The third-order valence-corrected chi connectivity index (χ3v) is 4.25. The SMILES string of the molecule is Cc1cc(Br)ccc1NC(=O)NCC(C)(C)c1ccc(F)cc1. The van der Waals surface area contributed by atoms with Crippen molar-refractivity contribution in [3.05, 3.63) is 63.9 Å². The summed E-state index contributed by atoms with van der Waals surface area (Å²) in [5, 5.41) is 5.71. The van der Waals surface area contributed by atoms with Gasteiger partial charge >= 0.3 is 6.03 Å². The van der Waals surface area contributed by atoms with Crippen LogP contribution in [0.3, 0.4) is 0 Å². The minimum Gasteiger partial charge on any atom is -0.337 e. The molecule has 0 aliphatic rings. The van der Waals surface area contributed by atoms with E-state index in [4.69, 9.17) is 0 Å². The van der Waals surface area contributed by atoms with E-state index in [1.807, 2.05) is 39.0 Å². The normalized spacial score (nSPS) is 11.2. The molecule has 122 valence electrons. The zero-order chi connectivity index (χ0) is 17.0. The Morgan fingerprint density at radius 1 is 1.17 bits per heavy atom. The number of urea groups is 1. The Labute approximate surface area is 144 Å². The van der Waals surface area contributed by atoms with Gasteiger partial charge in [-0.25, -0.2) is 9.18 Å². The van der Waals surface area contributed by atoms with Crippen LogP contribution in [0.1, 0.15) is 25.0 Å². The molecule has 0 aromatic heterocycles. The summed E-state index contributed by atoms with van der Waals surface area (Å²) in [6, 6.07) is 11.8. The van der Waals surface area contributed by atoms with Gasteiger partial charge in [0.25, 0.3) is 0 Å². The fraction of sp³-hybridized carbons (Fsp3) is 0.278. The first kappa shape index (κ1) is 17.5. The number of aryl methyl sites for hydroxylation is 1. The third kappa shape index (κ3) is 4.79. The Hall–Kier alpha value is -1.88. The van der Waals surface area contributed by atoms with Gasteiger partial charge in [0.2, 0.25) is 0 Å². The van der Waals surface area contributed by atoms with Gasteiger partial charge in [0.15, 0.2) is 0 Å². The maximum Gasteiger partial charge on any atom is 0.319 e. The van der Waals surface area contributed by atoms with Gasteiger partial charge < -0.3 is 10.6 Å². The average molecular weight is 379 g/mol. The van der Waals surface area contributed by atoms with E-state index in [0.29, 0.717) is 6.54 Å². The van der Waals surface area contributed by atoms with Gasteiger partial charge in [0, 0.05) is 22.1 Å². The van der Waals surface area contributed by atoms with Crippen LogP contribution in [0.5, 0.6) is 0 Å². The van der Waals surface area contributed by atoms with Crippen molar-refractivity contribution < 1.29 is 9.18 Å². The standard InChI is InChI=1S/C18H20BrFN2O/c1-12-10-14(19)6-9-16(12)22-17(23)21-11-18(2,3)13-4-7-15(20)8-5-13/h4-10H,11H2,1-3H3,(H2,21,22,23). The molecule has 0 atom stereocenters. The molecule has 0 fully saturated rings. The molecular formula is C18H20BrFN2O. The first-order valence-corrected chi connectivity index (χ1v) is 8.14. The predicted molar refractivity (Wildman–Crippen MR) is 95.3 cm³/mol. The van der Waals surface area contributed by atoms with Gasteiger partial charge in [-0.15, -0.1) is 0 Å². The molecule has 2 N–H and O–H groups in total. The lowest BCUT2D eigenvalue weighted by atomic mass is 9.84. The highest BCUT2D eigenvalue weighted by atomic mass is 79.9. The molecule has 3 nitrogen and oxygen atoms in total. The van der Waals surface area contributed by atoms with E-state index in [1.165, 1.54) is 12.1 Å². The Morgan fingerprint density at radius 2 is 1.83 bits per heavy atom. The van der Waals surface area contributed by atoms with Crippen molar-refractivity contribution in [1.82, 2.24) is 5.32 Å². The number of hydrogen-bond acceptors (Lipinski definition) is 1. The molecular weight excluding hydrogens is 359 g/mol. The van der Waals surface area contributed by atoms with E-state index in [2.05, 4.69) is 26.6 Å². The Bertz CT molecular complexity index is 699.